The topological polar surface area (TPSA) is 92.1 Å². The fourth-order valence-electron chi connectivity index (χ4n) is 2.58. The summed E-state index contributed by atoms with van der Waals surface area (Å²) >= 11 is 2.71. The number of carbonyl (C=O) groups is 2. The number of benzene rings is 1. The predicted octanol–water partition coefficient (Wildman–Crippen LogP) is 4.32. The van der Waals surface area contributed by atoms with E-state index in [0.717, 1.165) is 12.1 Å². The van der Waals surface area contributed by atoms with E-state index in [4.69, 9.17) is 9.84 Å². The van der Waals surface area contributed by atoms with Gasteiger partial charge in [-0.05, 0) is 44.2 Å². The number of para-hydroxylation sites is 1. The first-order chi connectivity index (χ1) is 13.9. The van der Waals surface area contributed by atoms with Gasteiger partial charge < -0.3 is 9.84 Å². The number of ether oxygens (including phenoxy) is 1. The van der Waals surface area contributed by atoms with Gasteiger partial charge in [0.1, 0.15) is 5.75 Å². The van der Waals surface area contributed by atoms with Crippen LogP contribution >= 0.6 is 23.1 Å². The monoisotopic (exact) mass is 431 g/mol. The van der Waals surface area contributed by atoms with Crippen LogP contribution in [0.2, 0.25) is 0 Å². The highest BCUT2D eigenvalue weighted by atomic mass is 32.2. The first kappa shape index (κ1) is 21.1. The summed E-state index contributed by atoms with van der Waals surface area (Å²) in [5.41, 5.74) is 1.53. The van der Waals surface area contributed by atoms with Gasteiger partial charge in [0.25, 0.3) is 5.91 Å². The Labute approximate surface area is 177 Å². The highest BCUT2D eigenvalue weighted by Gasteiger charge is 2.33. The lowest BCUT2D eigenvalue weighted by Crippen LogP contribution is -2.29. The Hall–Kier alpha value is -2.65. The molecule has 1 saturated heterocycles. The summed E-state index contributed by atoms with van der Waals surface area (Å²) in [6, 6.07) is 7.05. The number of aliphatic imine (C=N–C) groups is 1. The van der Waals surface area contributed by atoms with Crippen LogP contribution in [-0.2, 0) is 9.59 Å². The number of carbonyl (C=O) groups excluding carboxylic acids is 1. The van der Waals surface area contributed by atoms with E-state index in [9.17, 15) is 9.59 Å². The molecule has 1 amide bonds. The average molecular weight is 432 g/mol. The maximum absolute atomic E-state index is 13.0. The van der Waals surface area contributed by atoms with E-state index in [1.807, 2.05) is 25.3 Å². The van der Waals surface area contributed by atoms with Crippen molar-refractivity contribution in [3.05, 3.63) is 45.8 Å². The molecule has 2 heterocycles. The van der Waals surface area contributed by atoms with E-state index in [-0.39, 0.29) is 5.91 Å². The molecule has 0 aliphatic carbocycles. The van der Waals surface area contributed by atoms with Crippen LogP contribution in [0.5, 0.6) is 5.75 Å². The third-order valence-electron chi connectivity index (χ3n) is 3.99. The van der Waals surface area contributed by atoms with Crippen molar-refractivity contribution in [3.63, 3.8) is 0 Å². The van der Waals surface area contributed by atoms with E-state index < -0.39 is 12.1 Å². The maximum atomic E-state index is 13.0. The molecular formula is C20H21N3O4S2. The molecule has 0 bridgehead atoms. The van der Waals surface area contributed by atoms with E-state index >= 15 is 0 Å². The molecule has 1 aromatic heterocycles. The third-order valence-corrected chi connectivity index (χ3v) is 5.85. The number of hydrogen-bond acceptors (Lipinski definition) is 7. The molecule has 3 rings (SSSR count). The molecule has 0 saturated carbocycles. The van der Waals surface area contributed by atoms with E-state index in [1.54, 1.807) is 29.2 Å². The van der Waals surface area contributed by atoms with Crippen molar-refractivity contribution < 1.29 is 19.4 Å². The van der Waals surface area contributed by atoms with Gasteiger partial charge in [-0.3, -0.25) is 9.69 Å². The number of nitrogens with zero attached hydrogens (tertiary/aromatic N) is 3. The molecular weight excluding hydrogens is 410 g/mol. The highest BCUT2D eigenvalue weighted by molar-refractivity contribution is 8.18. The first-order valence-electron chi connectivity index (χ1n) is 9.09. The zero-order valence-electron chi connectivity index (χ0n) is 16.3. The van der Waals surface area contributed by atoms with E-state index in [2.05, 4.69) is 9.98 Å². The van der Waals surface area contributed by atoms with Crippen molar-refractivity contribution in [2.75, 3.05) is 6.54 Å². The first-order valence-corrected chi connectivity index (χ1v) is 10.8. The van der Waals surface area contributed by atoms with Crippen LogP contribution in [0.3, 0.4) is 0 Å². The summed E-state index contributed by atoms with van der Waals surface area (Å²) in [6.45, 7) is 5.92. The van der Waals surface area contributed by atoms with Crippen LogP contribution in [0.1, 0.15) is 31.5 Å². The number of carboxylic acid groups (broad SMARTS) is 1. The molecule has 9 heteroatoms. The van der Waals surface area contributed by atoms with Crippen molar-refractivity contribution in [2.24, 2.45) is 4.99 Å². The van der Waals surface area contributed by atoms with Gasteiger partial charge in [0.2, 0.25) is 5.13 Å². The number of aryl methyl sites for hydroxylation is 1. The molecule has 1 N–H and O–H groups in total. The molecule has 1 atom stereocenters. The second-order valence-corrected chi connectivity index (χ2v) is 8.22. The number of amides is 1. The quantitative estimate of drug-likeness (QED) is 0.657. The second-order valence-electron chi connectivity index (χ2n) is 6.37. The van der Waals surface area contributed by atoms with Crippen molar-refractivity contribution in [3.8, 4) is 5.75 Å². The Morgan fingerprint density at radius 1 is 1.41 bits per heavy atom. The molecule has 0 radical (unpaired) electrons. The van der Waals surface area contributed by atoms with Crippen LogP contribution in [0.15, 0.2) is 39.5 Å². The molecule has 2 aromatic rings. The Balaban J connectivity index is 1.93. The zero-order valence-corrected chi connectivity index (χ0v) is 17.9. The van der Waals surface area contributed by atoms with Crippen molar-refractivity contribution in [2.45, 2.75) is 33.3 Å². The molecule has 1 aliphatic rings. The standard InChI is InChI=1S/C20H21N3O4S2/c1-4-9-23-17(24)16(29-20(23)22-19-21-12(2)11-28-19)10-14-7-5-6-8-15(14)27-13(3)18(25)26/h5-8,10-11,13H,4,9H2,1-3H3,(H,25,26)/b16-10+,22-20+. The number of aliphatic carboxylic acids is 1. The van der Waals surface area contributed by atoms with E-state index in [1.165, 1.54) is 30.0 Å². The summed E-state index contributed by atoms with van der Waals surface area (Å²) in [5, 5.41) is 12.2. The third kappa shape index (κ3) is 5.04. The van der Waals surface area contributed by atoms with Crippen LogP contribution in [0, 0.1) is 6.92 Å². The number of carboxylic acids is 1. The fraction of sp³-hybridized carbons (Fsp3) is 0.300. The SMILES string of the molecule is CCCN1C(=O)/C(=C\c2ccccc2OC(C)C(=O)O)S/C1=N/c1nc(C)cs1. The number of thiazole rings is 1. The summed E-state index contributed by atoms with van der Waals surface area (Å²) in [5.74, 6) is -0.780. The van der Waals surface area contributed by atoms with Gasteiger partial charge in [-0.1, -0.05) is 25.1 Å². The van der Waals surface area contributed by atoms with Crippen LogP contribution < -0.4 is 4.74 Å². The largest absolute Gasteiger partial charge is 0.479 e. The summed E-state index contributed by atoms with van der Waals surface area (Å²) in [6.07, 6.45) is 1.52. The summed E-state index contributed by atoms with van der Waals surface area (Å²) in [7, 11) is 0. The molecule has 1 aromatic carbocycles. The Morgan fingerprint density at radius 2 is 2.17 bits per heavy atom. The normalized spacial score (nSPS) is 17.9. The van der Waals surface area contributed by atoms with Crippen molar-refractivity contribution >= 4 is 51.4 Å². The summed E-state index contributed by atoms with van der Waals surface area (Å²) < 4.78 is 5.54. The van der Waals surface area contributed by atoms with Crippen molar-refractivity contribution in [1.29, 1.82) is 0 Å². The number of aromatic nitrogens is 1. The molecule has 1 aliphatic heterocycles. The molecule has 29 heavy (non-hydrogen) atoms. The lowest BCUT2D eigenvalue weighted by Gasteiger charge is -2.13. The van der Waals surface area contributed by atoms with Gasteiger partial charge in [0.15, 0.2) is 11.3 Å². The minimum absolute atomic E-state index is 0.134. The summed E-state index contributed by atoms with van der Waals surface area (Å²) in [4.78, 5) is 35.1. The second kappa shape index (κ2) is 9.23. The minimum atomic E-state index is -1.05. The van der Waals surface area contributed by atoms with Gasteiger partial charge in [-0.15, -0.1) is 11.3 Å². The Kier molecular flexibility index (Phi) is 6.71. The molecule has 152 valence electrons. The Bertz CT molecular complexity index is 984. The van der Waals surface area contributed by atoms with Gasteiger partial charge >= 0.3 is 5.97 Å². The number of hydrogen-bond donors (Lipinski definition) is 1. The number of rotatable bonds is 7. The van der Waals surface area contributed by atoms with E-state index in [0.29, 0.717) is 33.1 Å². The lowest BCUT2D eigenvalue weighted by molar-refractivity contribution is -0.144. The van der Waals surface area contributed by atoms with Crippen LogP contribution in [-0.4, -0.2) is 44.7 Å². The Morgan fingerprint density at radius 3 is 2.83 bits per heavy atom. The fourth-order valence-corrected chi connectivity index (χ4v) is 4.29. The molecule has 0 spiro atoms. The smallest absolute Gasteiger partial charge is 0.344 e. The molecule has 1 unspecified atom stereocenters. The van der Waals surface area contributed by atoms with Gasteiger partial charge in [0, 0.05) is 17.5 Å². The van der Waals surface area contributed by atoms with Crippen LogP contribution in [0.25, 0.3) is 6.08 Å². The zero-order chi connectivity index (χ0) is 21.0. The van der Waals surface area contributed by atoms with Gasteiger partial charge in [0.05, 0.1) is 10.6 Å². The predicted molar refractivity (Wildman–Crippen MR) is 116 cm³/mol. The number of amidine groups is 1. The minimum Gasteiger partial charge on any atom is -0.479 e. The van der Waals surface area contributed by atoms with Crippen molar-refractivity contribution in [1.82, 2.24) is 9.88 Å². The maximum Gasteiger partial charge on any atom is 0.344 e. The van der Waals surface area contributed by atoms with Gasteiger partial charge in [-0.2, -0.15) is 4.99 Å². The molecule has 1 fully saturated rings. The lowest BCUT2D eigenvalue weighted by atomic mass is 10.1. The molecule has 7 nitrogen and oxygen atoms in total. The highest BCUT2D eigenvalue weighted by Crippen LogP contribution is 2.36. The van der Waals surface area contributed by atoms with Crippen LogP contribution in [0.4, 0.5) is 5.13 Å². The number of thioether (sulfide) groups is 1. The van der Waals surface area contributed by atoms with Gasteiger partial charge in [-0.25, -0.2) is 9.78 Å². The average Bonchev–Trinajstić information content (AvgIpc) is 3.21.